The molecule has 0 bridgehead atoms. The Morgan fingerprint density at radius 3 is 2.45 bits per heavy atom. The molecule has 0 spiro atoms. The minimum Gasteiger partial charge on any atom is -0.486 e. The van der Waals surface area contributed by atoms with E-state index in [1.807, 2.05) is 0 Å². The van der Waals surface area contributed by atoms with E-state index in [9.17, 15) is 9.18 Å². The van der Waals surface area contributed by atoms with E-state index < -0.39 is 0 Å². The summed E-state index contributed by atoms with van der Waals surface area (Å²) in [4.78, 5) is 12.0. The molecule has 0 radical (unpaired) electrons. The molecule has 20 heavy (non-hydrogen) atoms. The zero-order valence-electron chi connectivity index (χ0n) is 10.6. The number of carbonyl (C=O) groups is 1. The summed E-state index contributed by atoms with van der Waals surface area (Å²) in [7, 11) is 0. The number of hydrogen-bond donors (Lipinski definition) is 1. The quantitative estimate of drug-likeness (QED) is 0.915. The van der Waals surface area contributed by atoms with Gasteiger partial charge in [-0.3, -0.25) is 4.79 Å². The van der Waals surface area contributed by atoms with E-state index in [-0.39, 0.29) is 11.7 Å². The Kier molecular flexibility index (Phi) is 3.25. The van der Waals surface area contributed by atoms with Crippen molar-refractivity contribution < 1.29 is 18.7 Å². The molecule has 4 nitrogen and oxygen atoms in total. The van der Waals surface area contributed by atoms with Crippen LogP contribution in [0.5, 0.6) is 11.5 Å². The molecule has 102 valence electrons. The first-order valence-corrected chi connectivity index (χ1v) is 6.19. The standard InChI is InChI=1S/C15H12FNO3/c16-11-3-1-10(2-4-11)15(18)17-12-5-6-13-14(9-12)20-8-7-19-13/h1-6,9H,7-8H2,(H,17,18). The van der Waals surface area contributed by atoms with Crippen molar-refractivity contribution in [3.8, 4) is 11.5 Å². The van der Waals surface area contributed by atoms with E-state index in [0.717, 1.165) is 0 Å². The minimum absolute atomic E-state index is 0.304. The molecule has 0 saturated heterocycles. The molecular weight excluding hydrogens is 261 g/mol. The lowest BCUT2D eigenvalue weighted by atomic mass is 10.2. The van der Waals surface area contributed by atoms with Crippen LogP contribution in [-0.4, -0.2) is 19.1 Å². The van der Waals surface area contributed by atoms with Crippen LogP contribution < -0.4 is 14.8 Å². The molecule has 0 atom stereocenters. The summed E-state index contributed by atoms with van der Waals surface area (Å²) in [5, 5.41) is 2.73. The fraction of sp³-hybridized carbons (Fsp3) is 0.133. The third-order valence-electron chi connectivity index (χ3n) is 2.91. The highest BCUT2D eigenvalue weighted by Crippen LogP contribution is 2.32. The Hall–Kier alpha value is -2.56. The largest absolute Gasteiger partial charge is 0.486 e. The molecule has 0 saturated carbocycles. The maximum Gasteiger partial charge on any atom is 0.255 e. The average Bonchev–Trinajstić information content (AvgIpc) is 2.48. The van der Waals surface area contributed by atoms with Crippen LogP contribution in [0.1, 0.15) is 10.4 Å². The number of hydrogen-bond acceptors (Lipinski definition) is 3. The lowest BCUT2D eigenvalue weighted by molar-refractivity contribution is 0.102. The molecule has 3 rings (SSSR count). The second-order valence-corrected chi connectivity index (χ2v) is 4.32. The molecule has 2 aromatic rings. The summed E-state index contributed by atoms with van der Waals surface area (Å²) in [6, 6.07) is 10.5. The number of benzene rings is 2. The summed E-state index contributed by atoms with van der Waals surface area (Å²) in [5.74, 6) is 0.590. The first-order chi connectivity index (χ1) is 9.72. The molecule has 1 N–H and O–H groups in total. The summed E-state index contributed by atoms with van der Waals surface area (Å²) >= 11 is 0. The van der Waals surface area contributed by atoms with Gasteiger partial charge in [0.1, 0.15) is 19.0 Å². The van der Waals surface area contributed by atoms with Crippen LogP contribution in [-0.2, 0) is 0 Å². The van der Waals surface area contributed by atoms with Gasteiger partial charge in [0.15, 0.2) is 11.5 Å². The smallest absolute Gasteiger partial charge is 0.255 e. The van der Waals surface area contributed by atoms with Gasteiger partial charge in [-0.25, -0.2) is 4.39 Å². The molecule has 1 aliphatic heterocycles. The van der Waals surface area contributed by atoms with Gasteiger partial charge in [0.25, 0.3) is 5.91 Å². The van der Waals surface area contributed by atoms with E-state index >= 15 is 0 Å². The zero-order valence-corrected chi connectivity index (χ0v) is 10.6. The lowest BCUT2D eigenvalue weighted by Gasteiger charge is -2.19. The highest BCUT2D eigenvalue weighted by Gasteiger charge is 2.13. The van der Waals surface area contributed by atoms with E-state index in [2.05, 4.69) is 5.32 Å². The highest BCUT2D eigenvalue weighted by atomic mass is 19.1. The van der Waals surface area contributed by atoms with Gasteiger partial charge >= 0.3 is 0 Å². The molecule has 1 aliphatic rings. The Morgan fingerprint density at radius 1 is 1.00 bits per heavy atom. The fourth-order valence-electron chi connectivity index (χ4n) is 1.93. The lowest BCUT2D eigenvalue weighted by Crippen LogP contribution is -2.16. The Bertz CT molecular complexity index is 640. The number of anilines is 1. The Morgan fingerprint density at radius 2 is 1.70 bits per heavy atom. The molecule has 1 heterocycles. The van der Waals surface area contributed by atoms with Crippen LogP contribution in [0.3, 0.4) is 0 Å². The van der Waals surface area contributed by atoms with Crippen LogP contribution in [0, 0.1) is 5.82 Å². The van der Waals surface area contributed by atoms with E-state index in [1.165, 1.54) is 24.3 Å². The van der Waals surface area contributed by atoms with E-state index in [4.69, 9.17) is 9.47 Å². The summed E-state index contributed by atoms with van der Waals surface area (Å²) in [6.07, 6.45) is 0. The van der Waals surface area contributed by atoms with Crippen LogP contribution in [0.15, 0.2) is 42.5 Å². The Labute approximate surface area is 115 Å². The van der Waals surface area contributed by atoms with Gasteiger partial charge < -0.3 is 14.8 Å². The SMILES string of the molecule is O=C(Nc1ccc2c(c1)OCCO2)c1ccc(F)cc1. The van der Waals surface area contributed by atoms with Crippen molar-refractivity contribution in [2.45, 2.75) is 0 Å². The van der Waals surface area contributed by atoms with Crippen molar-refractivity contribution >= 4 is 11.6 Å². The van der Waals surface area contributed by atoms with Gasteiger partial charge in [0.2, 0.25) is 0 Å². The first-order valence-electron chi connectivity index (χ1n) is 6.19. The van der Waals surface area contributed by atoms with Gasteiger partial charge in [-0.1, -0.05) is 0 Å². The van der Waals surface area contributed by atoms with Crippen LogP contribution in [0.2, 0.25) is 0 Å². The van der Waals surface area contributed by atoms with E-state index in [0.29, 0.717) is 36.0 Å². The third kappa shape index (κ3) is 2.56. The summed E-state index contributed by atoms with van der Waals surface area (Å²) in [5.41, 5.74) is 0.991. The maximum absolute atomic E-state index is 12.8. The number of halogens is 1. The second kappa shape index (κ2) is 5.21. The minimum atomic E-state index is -0.374. The van der Waals surface area contributed by atoms with Gasteiger partial charge in [0, 0.05) is 17.3 Å². The Balaban J connectivity index is 1.77. The van der Waals surface area contributed by atoms with Crippen molar-refractivity contribution in [2.75, 3.05) is 18.5 Å². The molecule has 0 aromatic heterocycles. The second-order valence-electron chi connectivity index (χ2n) is 4.32. The summed E-state index contributed by atoms with van der Waals surface area (Å²) in [6.45, 7) is 1.01. The molecule has 1 amide bonds. The number of carbonyl (C=O) groups excluding carboxylic acids is 1. The normalized spacial score (nSPS) is 12.8. The number of nitrogens with one attached hydrogen (secondary N) is 1. The van der Waals surface area contributed by atoms with Crippen molar-refractivity contribution in [1.29, 1.82) is 0 Å². The van der Waals surface area contributed by atoms with Crippen molar-refractivity contribution in [2.24, 2.45) is 0 Å². The molecule has 0 aliphatic carbocycles. The highest BCUT2D eigenvalue weighted by molar-refractivity contribution is 6.04. The molecule has 2 aromatic carbocycles. The fourth-order valence-corrected chi connectivity index (χ4v) is 1.93. The number of fused-ring (bicyclic) bond motifs is 1. The number of ether oxygens (including phenoxy) is 2. The average molecular weight is 273 g/mol. The van der Waals surface area contributed by atoms with Gasteiger partial charge in [-0.05, 0) is 36.4 Å². The predicted molar refractivity (Wildman–Crippen MR) is 71.8 cm³/mol. The van der Waals surface area contributed by atoms with Crippen molar-refractivity contribution in [3.05, 3.63) is 53.8 Å². The molecule has 0 fully saturated rings. The summed E-state index contributed by atoms with van der Waals surface area (Å²) < 4.78 is 23.6. The monoisotopic (exact) mass is 273 g/mol. The predicted octanol–water partition coefficient (Wildman–Crippen LogP) is 2.85. The van der Waals surface area contributed by atoms with Crippen LogP contribution in [0.4, 0.5) is 10.1 Å². The van der Waals surface area contributed by atoms with Gasteiger partial charge in [-0.15, -0.1) is 0 Å². The van der Waals surface area contributed by atoms with Gasteiger partial charge in [0.05, 0.1) is 0 Å². The zero-order chi connectivity index (χ0) is 13.9. The molecule has 0 unspecified atom stereocenters. The van der Waals surface area contributed by atoms with Crippen molar-refractivity contribution in [3.63, 3.8) is 0 Å². The van der Waals surface area contributed by atoms with Crippen LogP contribution >= 0.6 is 0 Å². The van der Waals surface area contributed by atoms with E-state index in [1.54, 1.807) is 18.2 Å². The third-order valence-corrected chi connectivity index (χ3v) is 2.91. The maximum atomic E-state index is 12.8. The molecular formula is C15H12FNO3. The van der Waals surface area contributed by atoms with Crippen molar-refractivity contribution in [1.82, 2.24) is 0 Å². The topological polar surface area (TPSA) is 47.6 Å². The first kappa shape index (κ1) is 12.5. The van der Waals surface area contributed by atoms with Crippen LogP contribution in [0.25, 0.3) is 0 Å². The number of amides is 1. The molecule has 5 heteroatoms. The number of rotatable bonds is 2. The van der Waals surface area contributed by atoms with Gasteiger partial charge in [-0.2, -0.15) is 0 Å².